The van der Waals surface area contributed by atoms with Crippen molar-refractivity contribution in [3.63, 3.8) is 0 Å². The van der Waals surface area contributed by atoms with E-state index in [-0.39, 0.29) is 18.3 Å². The van der Waals surface area contributed by atoms with Crippen LogP contribution in [0.4, 0.5) is 0 Å². The van der Waals surface area contributed by atoms with Crippen molar-refractivity contribution in [3.05, 3.63) is 0 Å². The fourth-order valence-electron chi connectivity index (χ4n) is 1.98. The van der Waals surface area contributed by atoms with Crippen LogP contribution in [0.25, 0.3) is 0 Å². The summed E-state index contributed by atoms with van der Waals surface area (Å²) in [4.78, 5) is 35.6. The Kier molecular flexibility index (Phi) is 9.76. The summed E-state index contributed by atoms with van der Waals surface area (Å²) in [5.41, 5.74) is 5.74. The van der Waals surface area contributed by atoms with Gasteiger partial charge >= 0.3 is 5.97 Å². The molecule has 0 bridgehead atoms. The van der Waals surface area contributed by atoms with E-state index >= 15 is 0 Å². The lowest BCUT2D eigenvalue weighted by atomic mass is 10.00. The Bertz CT molecular complexity index is 482. The monoisotopic (exact) mass is 363 g/mol. The Morgan fingerprint density at radius 2 is 1.46 bits per heavy atom. The molecule has 4 unspecified atom stereocenters. The van der Waals surface area contributed by atoms with E-state index in [1.807, 2.05) is 0 Å². The van der Waals surface area contributed by atoms with Crippen LogP contribution >= 0.6 is 0 Å². The van der Waals surface area contributed by atoms with Gasteiger partial charge in [-0.05, 0) is 18.3 Å². The van der Waals surface area contributed by atoms with E-state index < -0.39 is 46.7 Å². The molecule has 4 atom stereocenters. The fourth-order valence-corrected chi connectivity index (χ4v) is 2.56. The quantitative estimate of drug-likeness (QED) is 0.411. The number of hydrogen-bond acceptors (Lipinski definition) is 5. The van der Waals surface area contributed by atoms with Gasteiger partial charge in [0.25, 0.3) is 0 Å². The second kappa shape index (κ2) is 10.4. The molecule has 24 heavy (non-hydrogen) atoms. The second-order valence-electron chi connectivity index (χ2n) is 6.47. The molecule has 0 saturated carbocycles. The van der Waals surface area contributed by atoms with Gasteiger partial charge in [0, 0.05) is 22.8 Å². The molecule has 8 nitrogen and oxygen atoms in total. The normalized spacial score (nSPS) is 16.3. The van der Waals surface area contributed by atoms with E-state index in [0.717, 1.165) is 0 Å². The molecule has 0 spiro atoms. The molecule has 0 fully saturated rings. The zero-order chi connectivity index (χ0) is 19.0. The summed E-state index contributed by atoms with van der Waals surface area (Å²) in [6.45, 7) is 6.84. The highest BCUT2D eigenvalue weighted by molar-refractivity contribution is 7.84. The van der Waals surface area contributed by atoms with E-state index in [1.54, 1.807) is 27.7 Å². The lowest BCUT2D eigenvalue weighted by Gasteiger charge is -2.26. The van der Waals surface area contributed by atoms with Gasteiger partial charge in [0.05, 0.1) is 6.04 Å². The van der Waals surface area contributed by atoms with Gasteiger partial charge in [-0.15, -0.1) is 0 Å². The first-order valence-corrected chi connectivity index (χ1v) is 9.59. The van der Waals surface area contributed by atoms with Crippen LogP contribution in [0.5, 0.6) is 0 Å². The number of carbonyl (C=O) groups excluding carboxylic acids is 2. The molecule has 0 aromatic carbocycles. The van der Waals surface area contributed by atoms with Gasteiger partial charge in [-0.3, -0.25) is 13.8 Å². The van der Waals surface area contributed by atoms with E-state index in [9.17, 15) is 18.6 Å². The average Bonchev–Trinajstić information content (AvgIpc) is 2.45. The molecular weight excluding hydrogens is 334 g/mol. The minimum atomic E-state index is -1.13. The Morgan fingerprint density at radius 3 is 1.83 bits per heavy atom. The summed E-state index contributed by atoms with van der Waals surface area (Å²) in [5.74, 6) is -2.47. The van der Waals surface area contributed by atoms with Crippen molar-refractivity contribution in [1.29, 1.82) is 0 Å². The van der Waals surface area contributed by atoms with Crippen LogP contribution in [0.1, 0.15) is 34.1 Å². The summed E-state index contributed by atoms with van der Waals surface area (Å²) in [5, 5.41) is 14.2. The maximum absolute atomic E-state index is 12.3. The van der Waals surface area contributed by atoms with Crippen molar-refractivity contribution >= 4 is 28.6 Å². The maximum Gasteiger partial charge on any atom is 0.326 e. The third kappa shape index (κ3) is 7.87. The molecule has 0 aromatic rings. The fraction of sp³-hybridized carbons (Fsp3) is 0.800. The van der Waals surface area contributed by atoms with Gasteiger partial charge in [0.15, 0.2) is 0 Å². The first-order valence-electron chi connectivity index (χ1n) is 7.86. The van der Waals surface area contributed by atoms with E-state index in [4.69, 9.17) is 10.8 Å². The van der Waals surface area contributed by atoms with E-state index in [1.165, 1.54) is 6.26 Å². The molecule has 0 rings (SSSR count). The summed E-state index contributed by atoms with van der Waals surface area (Å²) in [7, 11) is -1.06. The zero-order valence-corrected chi connectivity index (χ0v) is 15.7. The second-order valence-corrected chi connectivity index (χ2v) is 8.03. The van der Waals surface area contributed by atoms with Crippen molar-refractivity contribution in [2.24, 2.45) is 17.6 Å². The highest BCUT2D eigenvalue weighted by Gasteiger charge is 2.31. The summed E-state index contributed by atoms with van der Waals surface area (Å²) >= 11 is 0. The van der Waals surface area contributed by atoms with Gasteiger partial charge in [-0.25, -0.2) is 4.79 Å². The molecular formula is C15H29N3O5S. The third-order valence-electron chi connectivity index (χ3n) is 3.53. The summed E-state index contributed by atoms with van der Waals surface area (Å²) < 4.78 is 11.1. The molecule has 0 heterocycles. The number of rotatable bonds is 10. The number of carbonyl (C=O) groups is 3. The first-order chi connectivity index (χ1) is 11.0. The van der Waals surface area contributed by atoms with Crippen molar-refractivity contribution in [2.75, 3.05) is 12.0 Å². The number of nitrogens with two attached hydrogens (primary N) is 1. The minimum Gasteiger partial charge on any atom is -0.480 e. The highest BCUT2D eigenvalue weighted by atomic mass is 32.2. The predicted octanol–water partition coefficient (Wildman–Crippen LogP) is -0.551. The van der Waals surface area contributed by atoms with Crippen LogP contribution in [0.3, 0.4) is 0 Å². The van der Waals surface area contributed by atoms with E-state index in [0.29, 0.717) is 5.75 Å². The van der Waals surface area contributed by atoms with Crippen molar-refractivity contribution < 1.29 is 23.7 Å². The van der Waals surface area contributed by atoms with Crippen LogP contribution < -0.4 is 16.4 Å². The molecule has 0 aliphatic carbocycles. The van der Waals surface area contributed by atoms with Gasteiger partial charge in [0.1, 0.15) is 12.1 Å². The zero-order valence-electron chi connectivity index (χ0n) is 14.9. The predicted molar refractivity (Wildman–Crippen MR) is 92.7 cm³/mol. The van der Waals surface area contributed by atoms with Crippen LogP contribution in [0.15, 0.2) is 0 Å². The van der Waals surface area contributed by atoms with Crippen LogP contribution in [-0.4, -0.2) is 57.2 Å². The molecule has 140 valence electrons. The molecule has 0 radical (unpaired) electrons. The smallest absolute Gasteiger partial charge is 0.326 e. The lowest BCUT2D eigenvalue weighted by molar-refractivity contribution is -0.143. The Morgan fingerprint density at radius 1 is 1.00 bits per heavy atom. The van der Waals surface area contributed by atoms with Crippen LogP contribution in [-0.2, 0) is 25.2 Å². The number of nitrogens with one attached hydrogen (secondary N) is 2. The molecule has 0 aliphatic heterocycles. The number of carboxylic acid groups (broad SMARTS) is 1. The summed E-state index contributed by atoms with van der Waals surface area (Å²) in [6, 6.07) is -2.80. The number of amides is 2. The molecule has 0 saturated heterocycles. The lowest BCUT2D eigenvalue weighted by Crippen LogP contribution is -2.57. The molecule has 0 aromatic heterocycles. The number of hydrogen-bond donors (Lipinski definition) is 4. The Hall–Kier alpha value is -1.48. The Labute approximate surface area is 145 Å². The van der Waals surface area contributed by atoms with Crippen molar-refractivity contribution in [3.8, 4) is 0 Å². The Balaban J connectivity index is 4.90. The molecule has 9 heteroatoms. The SMILES string of the molecule is CC(C)C(NC(=O)C(NC(=O)C(N)CCS(C)=O)C(C)C)C(=O)O. The largest absolute Gasteiger partial charge is 0.480 e. The van der Waals surface area contributed by atoms with Gasteiger partial charge in [-0.1, -0.05) is 27.7 Å². The standard InChI is InChI=1S/C15H29N3O5S/c1-8(2)11(14(20)18-12(9(3)4)15(21)22)17-13(19)10(16)6-7-24(5)23/h8-12H,6-7,16H2,1-5H3,(H,17,19)(H,18,20)(H,21,22). The van der Waals surface area contributed by atoms with Gasteiger partial charge < -0.3 is 21.5 Å². The minimum absolute atomic E-state index is 0.241. The van der Waals surface area contributed by atoms with Crippen LogP contribution in [0.2, 0.25) is 0 Å². The molecule has 5 N–H and O–H groups in total. The molecule has 0 aliphatic rings. The maximum atomic E-state index is 12.3. The average molecular weight is 363 g/mol. The van der Waals surface area contributed by atoms with Crippen molar-refractivity contribution in [2.45, 2.75) is 52.2 Å². The topological polar surface area (TPSA) is 139 Å². The van der Waals surface area contributed by atoms with E-state index in [2.05, 4.69) is 10.6 Å². The van der Waals surface area contributed by atoms with Gasteiger partial charge in [-0.2, -0.15) is 0 Å². The number of aliphatic carboxylic acids is 1. The summed E-state index contributed by atoms with van der Waals surface area (Å²) in [6.07, 6.45) is 1.76. The number of carboxylic acids is 1. The molecule has 2 amide bonds. The third-order valence-corrected chi connectivity index (χ3v) is 4.34. The van der Waals surface area contributed by atoms with Gasteiger partial charge in [0.2, 0.25) is 11.8 Å². The highest BCUT2D eigenvalue weighted by Crippen LogP contribution is 2.07. The van der Waals surface area contributed by atoms with Crippen LogP contribution in [0, 0.1) is 11.8 Å². The first kappa shape index (κ1) is 22.5. The van der Waals surface area contributed by atoms with Crippen molar-refractivity contribution in [1.82, 2.24) is 10.6 Å².